The van der Waals surface area contributed by atoms with Crippen LogP contribution in [-0.4, -0.2) is 29.8 Å². The molecule has 1 fully saturated rings. The molecule has 1 saturated heterocycles. The number of nitrogens with zero attached hydrogens (tertiary/aromatic N) is 1. The number of likely N-dealkylation sites (tertiary alicyclic amines) is 1. The molecule has 0 unspecified atom stereocenters. The third kappa shape index (κ3) is 3.31. The van der Waals surface area contributed by atoms with Crippen LogP contribution >= 0.6 is 11.6 Å². The zero-order chi connectivity index (χ0) is 17.3. The monoisotopic (exact) mass is 346 g/mol. The van der Waals surface area contributed by atoms with Crippen molar-refractivity contribution in [2.45, 2.75) is 26.7 Å². The van der Waals surface area contributed by atoms with Gasteiger partial charge < -0.3 is 14.6 Å². The molecule has 0 aliphatic carbocycles. The fourth-order valence-electron chi connectivity index (χ4n) is 2.94. The zero-order valence-corrected chi connectivity index (χ0v) is 14.4. The Morgan fingerprint density at radius 1 is 1.17 bits per heavy atom. The molecule has 2 heterocycles. The molecule has 0 spiro atoms. The van der Waals surface area contributed by atoms with Crippen molar-refractivity contribution in [2.75, 3.05) is 18.4 Å². The molecule has 3 rings (SSSR count). The van der Waals surface area contributed by atoms with E-state index < -0.39 is 0 Å². The Labute approximate surface area is 145 Å². The average molecular weight is 347 g/mol. The second-order valence-corrected chi connectivity index (χ2v) is 6.45. The highest BCUT2D eigenvalue weighted by Gasteiger charge is 2.24. The zero-order valence-electron chi connectivity index (χ0n) is 13.7. The molecule has 1 aromatic heterocycles. The van der Waals surface area contributed by atoms with Crippen LogP contribution in [0, 0.1) is 13.8 Å². The number of anilines is 1. The molecule has 126 valence electrons. The molecule has 0 atom stereocenters. The molecule has 5 nitrogen and oxygen atoms in total. The topological polar surface area (TPSA) is 62.6 Å². The number of rotatable bonds is 3. The lowest BCUT2D eigenvalue weighted by molar-refractivity contribution is 0.0794. The SMILES string of the molecule is Cc1cc(C)c(C(=O)Nc2ccc(Cl)cc2C(=O)N2CCCC2)o1. The number of nitrogens with one attached hydrogen (secondary N) is 1. The Morgan fingerprint density at radius 2 is 1.88 bits per heavy atom. The summed E-state index contributed by atoms with van der Waals surface area (Å²) >= 11 is 6.05. The number of halogens is 1. The number of aryl methyl sites for hydroxylation is 2. The fourth-order valence-corrected chi connectivity index (χ4v) is 3.11. The lowest BCUT2D eigenvalue weighted by atomic mass is 10.1. The number of carbonyl (C=O) groups is 2. The van der Waals surface area contributed by atoms with Crippen molar-refractivity contribution in [3.63, 3.8) is 0 Å². The van der Waals surface area contributed by atoms with Gasteiger partial charge in [0.2, 0.25) is 0 Å². The van der Waals surface area contributed by atoms with Crippen molar-refractivity contribution < 1.29 is 14.0 Å². The molecule has 6 heteroatoms. The first kappa shape index (κ1) is 16.6. The number of furan rings is 1. The van der Waals surface area contributed by atoms with E-state index in [4.69, 9.17) is 16.0 Å². The summed E-state index contributed by atoms with van der Waals surface area (Å²) in [5, 5.41) is 3.23. The second kappa shape index (κ2) is 6.69. The molecular weight excluding hydrogens is 328 g/mol. The van der Waals surface area contributed by atoms with Crippen molar-refractivity contribution in [3.8, 4) is 0 Å². The number of hydrogen-bond donors (Lipinski definition) is 1. The predicted molar refractivity (Wildman–Crippen MR) is 92.7 cm³/mol. The quantitative estimate of drug-likeness (QED) is 0.912. The van der Waals surface area contributed by atoms with E-state index in [2.05, 4.69) is 5.32 Å². The van der Waals surface area contributed by atoms with Crippen molar-refractivity contribution in [1.82, 2.24) is 4.90 Å². The van der Waals surface area contributed by atoms with E-state index in [0.29, 0.717) is 22.0 Å². The van der Waals surface area contributed by atoms with Crippen molar-refractivity contribution in [3.05, 3.63) is 51.9 Å². The van der Waals surface area contributed by atoms with E-state index in [1.165, 1.54) is 0 Å². The molecule has 2 aromatic rings. The van der Waals surface area contributed by atoms with E-state index in [9.17, 15) is 9.59 Å². The third-order valence-corrected chi connectivity index (χ3v) is 4.34. The standard InChI is InChI=1S/C18H19ClN2O3/c1-11-9-12(2)24-16(11)17(22)20-15-6-5-13(19)10-14(15)18(23)21-7-3-4-8-21/h5-6,9-10H,3-4,7-8H2,1-2H3,(H,20,22). The Kier molecular flexibility index (Phi) is 4.62. The Hall–Kier alpha value is -2.27. The fraction of sp³-hybridized carbons (Fsp3) is 0.333. The predicted octanol–water partition coefficient (Wildman–Crippen LogP) is 4.04. The molecule has 24 heavy (non-hydrogen) atoms. The van der Waals surface area contributed by atoms with Gasteiger partial charge in [-0.1, -0.05) is 11.6 Å². The van der Waals surface area contributed by atoms with Crippen LogP contribution in [0.5, 0.6) is 0 Å². The van der Waals surface area contributed by atoms with Gasteiger partial charge in [0, 0.05) is 23.7 Å². The molecule has 2 amide bonds. The van der Waals surface area contributed by atoms with E-state index >= 15 is 0 Å². The minimum atomic E-state index is -0.376. The minimum Gasteiger partial charge on any atom is -0.456 e. The Bertz CT molecular complexity index is 792. The number of carbonyl (C=O) groups excluding carboxylic acids is 2. The van der Waals surface area contributed by atoms with Crippen LogP contribution in [0.15, 0.2) is 28.7 Å². The molecule has 1 aliphatic heterocycles. The summed E-state index contributed by atoms with van der Waals surface area (Å²) in [4.78, 5) is 26.9. The van der Waals surface area contributed by atoms with Crippen molar-refractivity contribution >= 4 is 29.1 Å². The van der Waals surface area contributed by atoms with Crippen LogP contribution in [0.3, 0.4) is 0 Å². The van der Waals surface area contributed by atoms with Gasteiger partial charge in [-0.15, -0.1) is 0 Å². The van der Waals surface area contributed by atoms with Crippen LogP contribution in [-0.2, 0) is 0 Å². The van der Waals surface area contributed by atoms with Crippen LogP contribution in [0.2, 0.25) is 5.02 Å². The summed E-state index contributed by atoms with van der Waals surface area (Å²) in [5.41, 5.74) is 1.60. The van der Waals surface area contributed by atoms with Gasteiger partial charge in [-0.05, 0) is 51.0 Å². The van der Waals surface area contributed by atoms with E-state index in [0.717, 1.165) is 31.5 Å². The average Bonchev–Trinajstić information content (AvgIpc) is 3.18. The maximum Gasteiger partial charge on any atom is 0.291 e. The molecule has 1 aliphatic rings. The van der Waals surface area contributed by atoms with Gasteiger partial charge in [0.25, 0.3) is 11.8 Å². The Balaban J connectivity index is 1.89. The highest BCUT2D eigenvalue weighted by molar-refractivity contribution is 6.31. The summed E-state index contributed by atoms with van der Waals surface area (Å²) in [7, 11) is 0. The number of benzene rings is 1. The lowest BCUT2D eigenvalue weighted by Gasteiger charge is -2.18. The summed E-state index contributed by atoms with van der Waals surface area (Å²) in [6.07, 6.45) is 2.00. The summed E-state index contributed by atoms with van der Waals surface area (Å²) < 4.78 is 5.44. The highest BCUT2D eigenvalue weighted by atomic mass is 35.5. The Morgan fingerprint density at radius 3 is 2.50 bits per heavy atom. The van der Waals surface area contributed by atoms with Gasteiger partial charge in [-0.25, -0.2) is 0 Å². The molecule has 1 N–H and O–H groups in total. The van der Waals surface area contributed by atoms with E-state index in [1.54, 1.807) is 36.1 Å². The van der Waals surface area contributed by atoms with Crippen molar-refractivity contribution in [1.29, 1.82) is 0 Å². The lowest BCUT2D eigenvalue weighted by Crippen LogP contribution is -2.29. The van der Waals surface area contributed by atoms with Gasteiger partial charge in [0.15, 0.2) is 5.76 Å². The summed E-state index contributed by atoms with van der Waals surface area (Å²) in [6, 6.07) is 6.69. The minimum absolute atomic E-state index is 0.113. The van der Waals surface area contributed by atoms with Crippen LogP contribution in [0.25, 0.3) is 0 Å². The van der Waals surface area contributed by atoms with Crippen LogP contribution in [0.4, 0.5) is 5.69 Å². The summed E-state index contributed by atoms with van der Waals surface area (Å²) in [5.74, 6) is 0.431. The van der Waals surface area contributed by atoms with Gasteiger partial charge in [0.1, 0.15) is 5.76 Å². The first-order valence-corrected chi connectivity index (χ1v) is 8.30. The maximum absolute atomic E-state index is 12.7. The maximum atomic E-state index is 12.7. The normalized spacial score (nSPS) is 14.0. The van der Waals surface area contributed by atoms with Crippen LogP contribution in [0.1, 0.15) is 45.1 Å². The van der Waals surface area contributed by atoms with Crippen molar-refractivity contribution in [2.24, 2.45) is 0 Å². The van der Waals surface area contributed by atoms with Gasteiger partial charge in [-0.3, -0.25) is 9.59 Å². The highest BCUT2D eigenvalue weighted by Crippen LogP contribution is 2.25. The molecule has 1 aromatic carbocycles. The van der Waals surface area contributed by atoms with Gasteiger partial charge in [-0.2, -0.15) is 0 Å². The smallest absolute Gasteiger partial charge is 0.291 e. The van der Waals surface area contributed by atoms with Crippen LogP contribution < -0.4 is 5.32 Å². The first-order chi connectivity index (χ1) is 11.5. The van der Waals surface area contributed by atoms with Gasteiger partial charge >= 0.3 is 0 Å². The number of amides is 2. The second-order valence-electron chi connectivity index (χ2n) is 6.01. The molecular formula is C18H19ClN2O3. The molecule has 0 bridgehead atoms. The molecule has 0 radical (unpaired) electrons. The van der Waals surface area contributed by atoms with Gasteiger partial charge in [0.05, 0.1) is 11.3 Å². The molecule has 0 saturated carbocycles. The van der Waals surface area contributed by atoms with E-state index in [-0.39, 0.29) is 17.6 Å². The number of hydrogen-bond acceptors (Lipinski definition) is 3. The third-order valence-electron chi connectivity index (χ3n) is 4.10. The van der Waals surface area contributed by atoms with E-state index in [1.807, 2.05) is 6.92 Å². The summed E-state index contributed by atoms with van der Waals surface area (Å²) in [6.45, 7) is 5.06. The largest absolute Gasteiger partial charge is 0.456 e. The first-order valence-electron chi connectivity index (χ1n) is 7.93.